The highest BCUT2D eigenvalue weighted by Crippen LogP contribution is 2.39. The quantitative estimate of drug-likeness (QED) is 0.670. The molecule has 0 aliphatic rings. The van der Waals surface area contributed by atoms with Gasteiger partial charge >= 0.3 is 17.4 Å². The first kappa shape index (κ1) is 14.5. The van der Waals surface area contributed by atoms with Gasteiger partial charge in [-0.3, -0.25) is 14.9 Å². The van der Waals surface area contributed by atoms with E-state index in [-0.39, 0.29) is 0 Å². The third-order valence-corrected chi connectivity index (χ3v) is 2.59. The Morgan fingerprint density at radius 1 is 1.39 bits per heavy atom. The predicted molar refractivity (Wildman–Crippen MR) is 57.8 cm³/mol. The fourth-order valence-electron chi connectivity index (χ4n) is 1.51. The minimum Gasteiger partial charge on any atom is -0.312 e. The molecule has 0 aliphatic carbocycles. The van der Waals surface area contributed by atoms with Crippen molar-refractivity contribution in [1.29, 1.82) is 0 Å². The van der Waals surface area contributed by atoms with Crippen LogP contribution in [0.2, 0.25) is 5.02 Å². The van der Waals surface area contributed by atoms with Gasteiger partial charge < -0.3 is 4.98 Å². The van der Waals surface area contributed by atoms with E-state index in [2.05, 4.69) is 0 Å². The number of hydrogen-bond donors (Lipinski definition) is 1. The molecule has 1 rings (SSSR count). The fraction of sp³-hybridized carbons (Fsp3) is 0.444. The summed E-state index contributed by atoms with van der Waals surface area (Å²) in [6, 6.07) is 0. The van der Waals surface area contributed by atoms with Crippen molar-refractivity contribution < 1.29 is 18.1 Å². The van der Waals surface area contributed by atoms with Gasteiger partial charge in [0.1, 0.15) is 10.7 Å². The molecule has 100 valence electrons. The van der Waals surface area contributed by atoms with Crippen LogP contribution < -0.4 is 5.56 Å². The maximum absolute atomic E-state index is 12.7. The number of hydrogen-bond acceptors (Lipinski definition) is 3. The summed E-state index contributed by atoms with van der Waals surface area (Å²) in [5.74, 6) is -0.732. The number of aromatic nitrogens is 1. The van der Waals surface area contributed by atoms with Gasteiger partial charge in [-0.15, -0.1) is 0 Å². The maximum atomic E-state index is 12.7. The molecule has 0 saturated heterocycles. The Balaban J connectivity index is 3.79. The molecule has 18 heavy (non-hydrogen) atoms. The predicted octanol–water partition coefficient (Wildman–Crippen LogP) is 3.08. The molecule has 1 aromatic rings. The molecule has 0 atom stereocenters. The third-order valence-electron chi connectivity index (χ3n) is 2.21. The number of rotatable bonds is 2. The molecule has 0 spiro atoms. The van der Waals surface area contributed by atoms with Gasteiger partial charge in [0.05, 0.1) is 4.92 Å². The second-order valence-corrected chi connectivity index (χ2v) is 4.19. The summed E-state index contributed by atoms with van der Waals surface area (Å²) in [6.45, 7) is 2.77. The van der Waals surface area contributed by atoms with Crippen molar-refractivity contribution in [3.8, 4) is 0 Å². The molecule has 0 aliphatic heterocycles. The van der Waals surface area contributed by atoms with E-state index in [0.29, 0.717) is 0 Å². The minimum absolute atomic E-state index is 0.490. The molecule has 0 bridgehead atoms. The highest BCUT2D eigenvalue weighted by Gasteiger charge is 2.39. The number of aromatic amines is 1. The second kappa shape index (κ2) is 4.60. The fourth-order valence-corrected chi connectivity index (χ4v) is 1.97. The van der Waals surface area contributed by atoms with Crippen molar-refractivity contribution in [1.82, 2.24) is 4.98 Å². The average Bonchev–Trinajstić information content (AvgIpc) is 2.13. The number of nitrogens with one attached hydrogen (secondary N) is 1. The second-order valence-electron chi connectivity index (χ2n) is 3.81. The summed E-state index contributed by atoms with van der Waals surface area (Å²) >= 11 is 5.55. The monoisotopic (exact) mass is 284 g/mol. The molecule has 5 nitrogen and oxygen atoms in total. The van der Waals surface area contributed by atoms with Crippen molar-refractivity contribution in [2.45, 2.75) is 25.9 Å². The lowest BCUT2D eigenvalue weighted by molar-refractivity contribution is -0.386. The van der Waals surface area contributed by atoms with Crippen LogP contribution in [0.4, 0.5) is 18.9 Å². The van der Waals surface area contributed by atoms with Crippen molar-refractivity contribution in [2.75, 3.05) is 0 Å². The van der Waals surface area contributed by atoms with E-state index in [1.165, 1.54) is 18.8 Å². The zero-order chi connectivity index (χ0) is 14.2. The molecule has 0 radical (unpaired) electrons. The van der Waals surface area contributed by atoms with Crippen LogP contribution in [0, 0.1) is 10.1 Å². The molecule has 9 heteroatoms. The normalized spacial score (nSPS) is 11.9. The summed E-state index contributed by atoms with van der Waals surface area (Å²) < 4.78 is 38.1. The molecule has 1 heterocycles. The summed E-state index contributed by atoms with van der Waals surface area (Å²) in [5, 5.41) is 9.83. The van der Waals surface area contributed by atoms with Crippen LogP contribution in [-0.4, -0.2) is 9.91 Å². The van der Waals surface area contributed by atoms with Crippen LogP contribution in [0.25, 0.3) is 0 Å². The van der Waals surface area contributed by atoms with Gasteiger partial charge in [0, 0.05) is 5.56 Å². The first-order valence-corrected chi connectivity index (χ1v) is 5.12. The van der Waals surface area contributed by atoms with Crippen LogP contribution in [0.15, 0.2) is 4.79 Å². The van der Waals surface area contributed by atoms with Crippen LogP contribution in [0.1, 0.15) is 31.0 Å². The Morgan fingerprint density at radius 2 is 1.89 bits per heavy atom. The third kappa shape index (κ3) is 2.47. The number of nitro groups is 1. The van der Waals surface area contributed by atoms with Crippen molar-refractivity contribution in [2.24, 2.45) is 0 Å². The SMILES string of the molecule is CC(C)c1c(C(F)(F)F)[nH]c(=O)c([N+](=O)[O-])c1Cl. The van der Waals surface area contributed by atoms with E-state index in [4.69, 9.17) is 11.6 Å². The molecule has 0 amide bonds. The lowest BCUT2D eigenvalue weighted by Gasteiger charge is -2.16. The van der Waals surface area contributed by atoms with Gasteiger partial charge in [0.25, 0.3) is 0 Å². The number of H-pyrrole nitrogens is 1. The number of nitrogens with zero attached hydrogens (tertiary/aromatic N) is 1. The molecule has 0 saturated carbocycles. The Labute approximate surface area is 104 Å². The largest absolute Gasteiger partial charge is 0.431 e. The number of alkyl halides is 3. The molecule has 0 aromatic carbocycles. The van der Waals surface area contributed by atoms with E-state index in [1.54, 1.807) is 0 Å². The van der Waals surface area contributed by atoms with Crippen molar-refractivity contribution in [3.05, 3.63) is 36.7 Å². The number of halogens is 4. The van der Waals surface area contributed by atoms with Gasteiger partial charge in [-0.1, -0.05) is 25.4 Å². The first-order chi connectivity index (χ1) is 8.07. The molecule has 1 aromatic heterocycles. The van der Waals surface area contributed by atoms with Gasteiger partial charge in [-0.2, -0.15) is 13.2 Å². The average molecular weight is 285 g/mol. The topological polar surface area (TPSA) is 76.0 Å². The summed E-state index contributed by atoms with van der Waals surface area (Å²) in [4.78, 5) is 22.2. The van der Waals surface area contributed by atoms with E-state index in [0.717, 1.165) is 0 Å². The minimum atomic E-state index is -4.84. The summed E-state index contributed by atoms with van der Waals surface area (Å²) in [5.41, 5.74) is -4.39. The highest BCUT2D eigenvalue weighted by molar-refractivity contribution is 6.33. The highest BCUT2D eigenvalue weighted by atomic mass is 35.5. The van der Waals surface area contributed by atoms with Crippen LogP contribution in [0.5, 0.6) is 0 Å². The lowest BCUT2D eigenvalue weighted by atomic mass is 10.0. The van der Waals surface area contributed by atoms with Gasteiger partial charge in [-0.25, -0.2) is 0 Å². The smallest absolute Gasteiger partial charge is 0.312 e. The van der Waals surface area contributed by atoms with Crippen molar-refractivity contribution in [3.63, 3.8) is 0 Å². The summed E-state index contributed by atoms with van der Waals surface area (Å²) in [6.07, 6.45) is -4.84. The summed E-state index contributed by atoms with van der Waals surface area (Å²) in [7, 11) is 0. The molecule has 0 fully saturated rings. The first-order valence-electron chi connectivity index (χ1n) is 4.74. The maximum Gasteiger partial charge on any atom is 0.431 e. The van der Waals surface area contributed by atoms with E-state index >= 15 is 0 Å². The molecular weight excluding hydrogens is 277 g/mol. The Hall–Kier alpha value is -1.57. The van der Waals surface area contributed by atoms with E-state index < -0.39 is 44.5 Å². The molecule has 0 unspecified atom stereocenters. The van der Waals surface area contributed by atoms with E-state index in [1.807, 2.05) is 0 Å². The standard InChI is InChI=1S/C9H8ClF3N2O3/c1-3(2)4-5(10)6(15(17)18)8(16)14-7(4)9(11,12)13/h3H,1-2H3,(H,14,16). The van der Waals surface area contributed by atoms with Gasteiger partial charge in [-0.05, 0) is 5.92 Å². The molecular formula is C9H8ClF3N2O3. The zero-order valence-electron chi connectivity index (χ0n) is 9.26. The van der Waals surface area contributed by atoms with Crippen molar-refractivity contribution >= 4 is 17.3 Å². The van der Waals surface area contributed by atoms with Crippen LogP contribution in [0.3, 0.4) is 0 Å². The van der Waals surface area contributed by atoms with Gasteiger partial charge in [0.15, 0.2) is 0 Å². The number of pyridine rings is 1. The molecule has 1 N–H and O–H groups in total. The van der Waals surface area contributed by atoms with Gasteiger partial charge in [0.2, 0.25) is 0 Å². The van der Waals surface area contributed by atoms with Crippen LogP contribution in [-0.2, 0) is 6.18 Å². The Bertz CT molecular complexity index is 551. The Morgan fingerprint density at radius 3 is 2.22 bits per heavy atom. The zero-order valence-corrected chi connectivity index (χ0v) is 10.0. The van der Waals surface area contributed by atoms with Crippen LogP contribution >= 0.6 is 11.6 Å². The Kier molecular flexibility index (Phi) is 3.70. The van der Waals surface area contributed by atoms with E-state index in [9.17, 15) is 28.1 Å². The lowest BCUT2D eigenvalue weighted by Crippen LogP contribution is -2.23.